The molecule has 0 bridgehead atoms. The van der Waals surface area contributed by atoms with Crippen molar-refractivity contribution in [1.82, 2.24) is 10.3 Å². The number of aromatic nitrogens is 1. The van der Waals surface area contributed by atoms with Crippen molar-refractivity contribution in [3.8, 4) is 5.75 Å². The summed E-state index contributed by atoms with van der Waals surface area (Å²) in [5.41, 5.74) is 6.36. The maximum absolute atomic E-state index is 5.74. The molecule has 0 saturated carbocycles. The van der Waals surface area contributed by atoms with Crippen LogP contribution in [0.15, 0.2) is 40.9 Å². The van der Waals surface area contributed by atoms with Gasteiger partial charge in [-0.15, -0.1) is 0 Å². The highest BCUT2D eigenvalue weighted by atomic mass is 79.9. The van der Waals surface area contributed by atoms with Crippen LogP contribution in [0.1, 0.15) is 48.2 Å². The van der Waals surface area contributed by atoms with Crippen LogP contribution in [0.4, 0.5) is 0 Å². The van der Waals surface area contributed by atoms with Crippen LogP contribution in [0.2, 0.25) is 0 Å². The summed E-state index contributed by atoms with van der Waals surface area (Å²) in [4.78, 5) is 3.64. The van der Waals surface area contributed by atoms with Gasteiger partial charge in [0.05, 0.1) is 13.2 Å². The maximum atomic E-state index is 5.74. The average Bonchev–Trinajstić information content (AvgIpc) is 2.99. The first-order valence-electron chi connectivity index (χ1n) is 8.79. The Balaban J connectivity index is 1.85. The zero-order chi connectivity index (χ0) is 17.6. The number of halogens is 1. The van der Waals surface area contributed by atoms with E-state index in [1.807, 2.05) is 0 Å². The van der Waals surface area contributed by atoms with E-state index in [0.29, 0.717) is 5.92 Å². The van der Waals surface area contributed by atoms with Gasteiger partial charge in [-0.05, 0) is 47.7 Å². The number of hydrogen-bond acceptors (Lipinski definition) is 2. The van der Waals surface area contributed by atoms with Crippen LogP contribution < -0.4 is 10.1 Å². The molecule has 0 fully saturated rings. The number of benzene rings is 2. The van der Waals surface area contributed by atoms with Crippen molar-refractivity contribution in [3.05, 3.63) is 63.3 Å². The largest absolute Gasteiger partial charge is 0.496 e. The lowest BCUT2D eigenvalue weighted by Gasteiger charge is -2.26. The summed E-state index contributed by atoms with van der Waals surface area (Å²) in [6, 6.07) is 13.2. The Morgan fingerprint density at radius 3 is 2.76 bits per heavy atom. The van der Waals surface area contributed by atoms with Gasteiger partial charge in [-0.1, -0.05) is 41.9 Å². The molecule has 25 heavy (non-hydrogen) atoms. The molecule has 1 aliphatic rings. The number of fused-ring (bicyclic) bond motifs is 3. The van der Waals surface area contributed by atoms with E-state index in [4.69, 9.17) is 4.74 Å². The van der Waals surface area contributed by atoms with Gasteiger partial charge in [0.25, 0.3) is 0 Å². The number of methoxy groups -OCH3 is 1. The number of rotatable bonds is 3. The number of aromatic amines is 1. The van der Waals surface area contributed by atoms with Crippen molar-refractivity contribution in [2.75, 3.05) is 13.7 Å². The van der Waals surface area contributed by atoms with Crippen LogP contribution in [-0.2, 0) is 6.42 Å². The SMILES string of the molecule is COc1cc(C(C)C)ccc1C1NCCc2c1[nH]c1ccc(Br)cc21. The Bertz CT molecular complexity index is 929. The van der Waals surface area contributed by atoms with Crippen molar-refractivity contribution in [3.63, 3.8) is 0 Å². The molecule has 0 saturated heterocycles. The molecule has 3 aromatic rings. The third-order valence-corrected chi connectivity index (χ3v) is 5.64. The maximum Gasteiger partial charge on any atom is 0.124 e. The van der Waals surface area contributed by atoms with E-state index in [-0.39, 0.29) is 6.04 Å². The number of nitrogens with one attached hydrogen (secondary N) is 2. The minimum absolute atomic E-state index is 0.131. The Hall–Kier alpha value is -1.78. The summed E-state index contributed by atoms with van der Waals surface area (Å²) >= 11 is 3.60. The smallest absolute Gasteiger partial charge is 0.124 e. The second kappa shape index (κ2) is 6.50. The molecule has 1 atom stereocenters. The normalized spacial score (nSPS) is 17.1. The van der Waals surface area contributed by atoms with Gasteiger partial charge < -0.3 is 15.0 Å². The summed E-state index contributed by atoms with van der Waals surface area (Å²) in [6.07, 6.45) is 1.04. The predicted molar refractivity (Wildman–Crippen MR) is 107 cm³/mol. The molecule has 4 heteroatoms. The van der Waals surface area contributed by atoms with E-state index in [0.717, 1.165) is 23.2 Å². The molecule has 4 rings (SSSR count). The van der Waals surface area contributed by atoms with E-state index in [9.17, 15) is 0 Å². The molecule has 0 amide bonds. The van der Waals surface area contributed by atoms with Crippen molar-refractivity contribution in [2.24, 2.45) is 0 Å². The van der Waals surface area contributed by atoms with Gasteiger partial charge in [0.2, 0.25) is 0 Å². The molecule has 0 radical (unpaired) electrons. The molecule has 3 nitrogen and oxygen atoms in total. The van der Waals surface area contributed by atoms with Crippen molar-refractivity contribution in [1.29, 1.82) is 0 Å². The molecular formula is C21H23BrN2O. The third kappa shape index (κ3) is 2.87. The van der Waals surface area contributed by atoms with Crippen LogP contribution in [0, 0.1) is 0 Å². The first-order valence-corrected chi connectivity index (χ1v) is 9.59. The Kier molecular flexibility index (Phi) is 4.34. The van der Waals surface area contributed by atoms with E-state index in [1.165, 1.54) is 33.3 Å². The molecule has 1 unspecified atom stereocenters. The van der Waals surface area contributed by atoms with Crippen LogP contribution in [0.3, 0.4) is 0 Å². The molecule has 0 spiro atoms. The zero-order valence-electron chi connectivity index (χ0n) is 14.8. The second-order valence-corrected chi connectivity index (χ2v) is 7.92. The average molecular weight is 399 g/mol. The Morgan fingerprint density at radius 1 is 1.16 bits per heavy atom. The Morgan fingerprint density at radius 2 is 2.00 bits per heavy atom. The fourth-order valence-corrected chi connectivity index (χ4v) is 4.15. The minimum Gasteiger partial charge on any atom is -0.496 e. The highest BCUT2D eigenvalue weighted by Gasteiger charge is 2.27. The minimum atomic E-state index is 0.131. The van der Waals surface area contributed by atoms with Gasteiger partial charge in [0.1, 0.15) is 5.75 Å². The van der Waals surface area contributed by atoms with Gasteiger partial charge in [-0.25, -0.2) is 0 Å². The van der Waals surface area contributed by atoms with Crippen molar-refractivity contribution >= 4 is 26.8 Å². The quantitative estimate of drug-likeness (QED) is 0.627. The van der Waals surface area contributed by atoms with E-state index < -0.39 is 0 Å². The topological polar surface area (TPSA) is 37.0 Å². The van der Waals surface area contributed by atoms with Gasteiger partial charge in [-0.2, -0.15) is 0 Å². The van der Waals surface area contributed by atoms with Crippen LogP contribution >= 0.6 is 15.9 Å². The number of hydrogen-bond donors (Lipinski definition) is 2. The second-order valence-electron chi connectivity index (χ2n) is 7.00. The van der Waals surface area contributed by atoms with Crippen LogP contribution in [0.25, 0.3) is 10.9 Å². The highest BCUT2D eigenvalue weighted by molar-refractivity contribution is 9.10. The summed E-state index contributed by atoms with van der Waals surface area (Å²) in [5, 5.41) is 4.98. The first kappa shape index (κ1) is 16.7. The molecule has 130 valence electrons. The number of H-pyrrole nitrogens is 1. The zero-order valence-corrected chi connectivity index (χ0v) is 16.4. The van der Waals surface area contributed by atoms with Crippen LogP contribution in [0.5, 0.6) is 5.75 Å². The van der Waals surface area contributed by atoms with Crippen molar-refractivity contribution < 1.29 is 4.74 Å². The van der Waals surface area contributed by atoms with Gasteiger partial charge >= 0.3 is 0 Å². The van der Waals surface area contributed by atoms with Crippen molar-refractivity contribution in [2.45, 2.75) is 32.2 Å². The summed E-state index contributed by atoms with van der Waals surface area (Å²) in [5.74, 6) is 1.44. The molecule has 1 aromatic heterocycles. The molecule has 2 N–H and O–H groups in total. The van der Waals surface area contributed by atoms with E-state index in [1.54, 1.807) is 7.11 Å². The Labute approximate surface area is 156 Å². The fourth-order valence-electron chi connectivity index (χ4n) is 3.79. The third-order valence-electron chi connectivity index (χ3n) is 5.15. The molecule has 1 aliphatic heterocycles. The van der Waals surface area contributed by atoms with E-state index >= 15 is 0 Å². The summed E-state index contributed by atoms with van der Waals surface area (Å²) in [7, 11) is 1.76. The molecule has 2 aromatic carbocycles. The lowest BCUT2D eigenvalue weighted by Crippen LogP contribution is -2.30. The lowest BCUT2D eigenvalue weighted by atomic mass is 9.92. The van der Waals surface area contributed by atoms with Crippen LogP contribution in [-0.4, -0.2) is 18.6 Å². The van der Waals surface area contributed by atoms with E-state index in [2.05, 4.69) is 76.5 Å². The lowest BCUT2D eigenvalue weighted by molar-refractivity contribution is 0.401. The highest BCUT2D eigenvalue weighted by Crippen LogP contribution is 2.38. The summed E-state index contributed by atoms with van der Waals surface area (Å²) in [6.45, 7) is 5.38. The standard InChI is InChI=1S/C21H23BrN2O/c1-12(2)13-4-6-16(19(10-13)25-3)20-21-15(8-9-23-20)17-11-14(22)5-7-18(17)24-21/h4-7,10-12,20,23-24H,8-9H2,1-3H3. The molecule has 2 heterocycles. The molecule has 0 aliphatic carbocycles. The molecular weight excluding hydrogens is 376 g/mol. The predicted octanol–water partition coefficient (Wildman–Crippen LogP) is 5.30. The van der Waals surface area contributed by atoms with Gasteiger partial charge in [0.15, 0.2) is 0 Å². The van der Waals surface area contributed by atoms with Gasteiger partial charge in [-0.3, -0.25) is 0 Å². The fraction of sp³-hybridized carbons (Fsp3) is 0.333. The first-order chi connectivity index (χ1) is 12.1. The number of ether oxygens (including phenoxy) is 1. The monoisotopic (exact) mass is 398 g/mol. The van der Waals surface area contributed by atoms with Gasteiger partial charge in [0, 0.05) is 33.2 Å². The summed E-state index contributed by atoms with van der Waals surface area (Å²) < 4.78 is 6.86.